The van der Waals surface area contributed by atoms with Crippen LogP contribution in [0.25, 0.3) is 0 Å². The Morgan fingerprint density at radius 1 is 1.36 bits per heavy atom. The van der Waals surface area contributed by atoms with E-state index in [0.717, 1.165) is 43.4 Å². The molecular weight excluding hydrogens is 362 g/mol. The van der Waals surface area contributed by atoms with Gasteiger partial charge in [-0.25, -0.2) is 0 Å². The summed E-state index contributed by atoms with van der Waals surface area (Å²) in [7, 11) is 0. The molecule has 1 aliphatic heterocycles. The summed E-state index contributed by atoms with van der Waals surface area (Å²) < 4.78 is 5.17. The standard InChI is InChI=1S/C19H23N5O4/c1-13-21-18(22-28-13)19(8-3-2-4-9-19)20-12-17(25)23-10-7-14-11-15(24(26)27)5-6-16(14)23/h5-6,11,20H,2-4,7-10,12H2,1H3. The van der Waals surface area contributed by atoms with Crippen molar-refractivity contribution in [1.29, 1.82) is 0 Å². The second-order valence-corrected chi connectivity index (χ2v) is 7.50. The molecule has 148 valence electrons. The van der Waals surface area contributed by atoms with Crippen molar-refractivity contribution in [1.82, 2.24) is 15.5 Å². The first-order valence-electron chi connectivity index (χ1n) is 9.62. The molecule has 1 fully saturated rings. The molecule has 1 amide bonds. The maximum atomic E-state index is 12.9. The van der Waals surface area contributed by atoms with E-state index in [-0.39, 0.29) is 18.1 Å². The van der Waals surface area contributed by atoms with Crippen LogP contribution in [-0.4, -0.2) is 34.1 Å². The van der Waals surface area contributed by atoms with Crippen LogP contribution in [0.1, 0.15) is 49.4 Å². The summed E-state index contributed by atoms with van der Waals surface area (Å²) in [6.07, 6.45) is 5.60. The van der Waals surface area contributed by atoms with E-state index < -0.39 is 10.5 Å². The summed E-state index contributed by atoms with van der Waals surface area (Å²) in [5.41, 5.74) is 1.21. The second kappa shape index (κ2) is 7.31. The molecule has 1 aromatic heterocycles. The molecule has 9 heteroatoms. The lowest BCUT2D eigenvalue weighted by molar-refractivity contribution is -0.384. The Hall–Kier alpha value is -2.81. The first-order valence-corrected chi connectivity index (χ1v) is 9.62. The summed E-state index contributed by atoms with van der Waals surface area (Å²) in [5.74, 6) is 1.08. The Kier molecular flexibility index (Phi) is 4.84. The van der Waals surface area contributed by atoms with Crippen molar-refractivity contribution in [2.24, 2.45) is 0 Å². The largest absolute Gasteiger partial charge is 0.340 e. The third kappa shape index (κ3) is 3.37. The van der Waals surface area contributed by atoms with Gasteiger partial charge in [-0.1, -0.05) is 24.4 Å². The lowest BCUT2D eigenvalue weighted by Gasteiger charge is -2.35. The fraction of sp³-hybridized carbons (Fsp3) is 0.526. The van der Waals surface area contributed by atoms with Gasteiger partial charge >= 0.3 is 0 Å². The van der Waals surface area contributed by atoms with E-state index in [2.05, 4.69) is 15.5 Å². The molecule has 9 nitrogen and oxygen atoms in total. The van der Waals surface area contributed by atoms with Crippen LogP contribution < -0.4 is 10.2 Å². The van der Waals surface area contributed by atoms with E-state index in [9.17, 15) is 14.9 Å². The van der Waals surface area contributed by atoms with Crippen molar-refractivity contribution in [3.05, 3.63) is 45.6 Å². The second-order valence-electron chi connectivity index (χ2n) is 7.50. The van der Waals surface area contributed by atoms with Gasteiger partial charge in [0.2, 0.25) is 11.8 Å². The van der Waals surface area contributed by atoms with Gasteiger partial charge in [-0.15, -0.1) is 0 Å². The highest BCUT2D eigenvalue weighted by Gasteiger charge is 2.39. The molecule has 0 bridgehead atoms. The Balaban J connectivity index is 1.49. The van der Waals surface area contributed by atoms with Gasteiger partial charge in [-0.05, 0) is 30.9 Å². The van der Waals surface area contributed by atoms with E-state index in [1.165, 1.54) is 6.07 Å². The minimum absolute atomic E-state index is 0.0554. The molecule has 1 aromatic carbocycles. The molecule has 2 heterocycles. The number of nitro benzene ring substituents is 1. The number of nitro groups is 1. The van der Waals surface area contributed by atoms with Crippen LogP contribution in [0.2, 0.25) is 0 Å². The van der Waals surface area contributed by atoms with E-state index in [1.54, 1.807) is 24.0 Å². The number of hydrogen-bond acceptors (Lipinski definition) is 7. The van der Waals surface area contributed by atoms with Gasteiger partial charge in [-0.2, -0.15) is 4.98 Å². The highest BCUT2D eigenvalue weighted by atomic mass is 16.6. The first kappa shape index (κ1) is 18.5. The molecule has 0 atom stereocenters. The predicted molar refractivity (Wildman–Crippen MR) is 101 cm³/mol. The third-order valence-corrected chi connectivity index (χ3v) is 5.71. The van der Waals surface area contributed by atoms with Crippen LogP contribution in [0, 0.1) is 17.0 Å². The van der Waals surface area contributed by atoms with Crippen molar-refractivity contribution in [2.45, 2.75) is 51.0 Å². The van der Waals surface area contributed by atoms with Crippen LogP contribution >= 0.6 is 0 Å². The first-order chi connectivity index (χ1) is 13.5. The van der Waals surface area contributed by atoms with Gasteiger partial charge in [0.15, 0.2) is 5.82 Å². The third-order valence-electron chi connectivity index (χ3n) is 5.71. The normalized spacial score (nSPS) is 18.1. The fourth-order valence-electron chi connectivity index (χ4n) is 4.23. The number of hydrogen-bond donors (Lipinski definition) is 1. The number of aryl methyl sites for hydroxylation is 1. The zero-order valence-electron chi connectivity index (χ0n) is 15.8. The molecule has 2 aromatic rings. The molecule has 2 aliphatic rings. The Labute approximate surface area is 162 Å². The molecule has 4 rings (SSSR count). The van der Waals surface area contributed by atoms with Crippen molar-refractivity contribution >= 4 is 17.3 Å². The van der Waals surface area contributed by atoms with E-state index >= 15 is 0 Å². The summed E-state index contributed by atoms with van der Waals surface area (Å²) >= 11 is 0. The number of rotatable bonds is 5. The smallest absolute Gasteiger partial charge is 0.269 e. The maximum absolute atomic E-state index is 12.9. The van der Waals surface area contributed by atoms with Crippen LogP contribution in [-0.2, 0) is 16.8 Å². The van der Waals surface area contributed by atoms with Crippen molar-refractivity contribution < 1.29 is 14.2 Å². The zero-order valence-corrected chi connectivity index (χ0v) is 15.8. The highest BCUT2D eigenvalue weighted by molar-refractivity contribution is 5.97. The van der Waals surface area contributed by atoms with Gasteiger partial charge in [0.05, 0.1) is 17.0 Å². The fourth-order valence-corrected chi connectivity index (χ4v) is 4.23. The number of fused-ring (bicyclic) bond motifs is 1. The Morgan fingerprint density at radius 2 is 2.14 bits per heavy atom. The topological polar surface area (TPSA) is 114 Å². The molecule has 1 N–H and O–H groups in total. The molecule has 1 saturated carbocycles. The van der Waals surface area contributed by atoms with Gasteiger partial charge in [0.1, 0.15) is 0 Å². The number of nitrogens with zero attached hydrogens (tertiary/aromatic N) is 4. The summed E-state index contributed by atoms with van der Waals surface area (Å²) in [6, 6.07) is 4.67. The van der Waals surface area contributed by atoms with E-state index in [0.29, 0.717) is 24.7 Å². The predicted octanol–water partition coefficient (Wildman–Crippen LogP) is 2.62. The summed E-state index contributed by atoms with van der Waals surface area (Å²) in [6.45, 7) is 2.45. The van der Waals surface area contributed by atoms with Gasteiger partial charge in [-0.3, -0.25) is 20.2 Å². The van der Waals surface area contributed by atoms with Crippen LogP contribution in [0.5, 0.6) is 0 Å². The summed E-state index contributed by atoms with van der Waals surface area (Å²) in [4.78, 5) is 29.6. The number of carbonyl (C=O) groups is 1. The Morgan fingerprint density at radius 3 is 2.82 bits per heavy atom. The quantitative estimate of drug-likeness (QED) is 0.621. The number of anilines is 1. The zero-order chi connectivity index (χ0) is 19.7. The van der Waals surface area contributed by atoms with Gasteiger partial charge < -0.3 is 9.42 Å². The van der Waals surface area contributed by atoms with Crippen molar-refractivity contribution in [3.63, 3.8) is 0 Å². The molecule has 0 radical (unpaired) electrons. The number of amides is 1. The number of nitrogens with one attached hydrogen (secondary N) is 1. The van der Waals surface area contributed by atoms with Crippen molar-refractivity contribution in [2.75, 3.05) is 18.0 Å². The Bertz CT molecular complexity index is 903. The molecule has 28 heavy (non-hydrogen) atoms. The summed E-state index contributed by atoms with van der Waals surface area (Å²) in [5, 5.41) is 18.5. The minimum atomic E-state index is -0.441. The van der Waals surface area contributed by atoms with Crippen molar-refractivity contribution in [3.8, 4) is 0 Å². The molecule has 0 spiro atoms. The van der Waals surface area contributed by atoms with Crippen LogP contribution in [0.15, 0.2) is 22.7 Å². The average Bonchev–Trinajstić information content (AvgIpc) is 3.33. The van der Waals surface area contributed by atoms with E-state index in [1.807, 2.05) is 0 Å². The monoisotopic (exact) mass is 385 g/mol. The van der Waals surface area contributed by atoms with E-state index in [4.69, 9.17) is 4.52 Å². The van der Waals surface area contributed by atoms with Crippen LogP contribution in [0.4, 0.5) is 11.4 Å². The molecular formula is C19H23N5O4. The number of carbonyl (C=O) groups excluding carboxylic acids is 1. The number of benzene rings is 1. The lowest BCUT2D eigenvalue weighted by atomic mass is 9.81. The van der Waals surface area contributed by atoms with Crippen LogP contribution in [0.3, 0.4) is 0 Å². The number of aromatic nitrogens is 2. The molecule has 0 unspecified atom stereocenters. The maximum Gasteiger partial charge on any atom is 0.269 e. The van der Waals surface area contributed by atoms with Gasteiger partial charge in [0.25, 0.3) is 5.69 Å². The lowest BCUT2D eigenvalue weighted by Crippen LogP contribution is -2.49. The SMILES string of the molecule is Cc1nc(C2(NCC(=O)N3CCc4cc([N+](=O)[O-])ccc43)CCCCC2)no1. The minimum Gasteiger partial charge on any atom is -0.340 e. The highest BCUT2D eigenvalue weighted by Crippen LogP contribution is 2.36. The average molecular weight is 385 g/mol. The molecule has 1 aliphatic carbocycles. The molecule has 0 saturated heterocycles. The van der Waals surface area contributed by atoms with Gasteiger partial charge in [0, 0.05) is 31.3 Å². The number of non-ortho nitro benzene ring substituents is 1.